The zero-order valence-electron chi connectivity index (χ0n) is 18.6. The monoisotopic (exact) mass is 469 g/mol. The summed E-state index contributed by atoms with van der Waals surface area (Å²) in [6.07, 6.45) is -2.02. The molecule has 9 nitrogen and oxygen atoms in total. The number of benzene rings is 2. The molecule has 2 aliphatic rings. The van der Waals surface area contributed by atoms with Crippen molar-refractivity contribution in [3.63, 3.8) is 0 Å². The van der Waals surface area contributed by atoms with Crippen molar-refractivity contribution in [2.75, 3.05) is 11.9 Å². The fourth-order valence-electron chi connectivity index (χ4n) is 4.50. The van der Waals surface area contributed by atoms with Gasteiger partial charge in [-0.05, 0) is 42.5 Å². The van der Waals surface area contributed by atoms with Gasteiger partial charge in [0.15, 0.2) is 6.10 Å². The lowest BCUT2D eigenvalue weighted by atomic mass is 10.0. The fraction of sp³-hybridized carbons (Fsp3) is 0.154. The quantitative estimate of drug-likeness (QED) is 0.396. The Hall–Kier alpha value is -4.50. The van der Waals surface area contributed by atoms with Crippen LogP contribution in [0.2, 0.25) is 0 Å². The van der Waals surface area contributed by atoms with Crippen LogP contribution in [0, 0.1) is 0 Å². The van der Waals surface area contributed by atoms with Crippen molar-refractivity contribution in [1.82, 2.24) is 9.55 Å². The van der Waals surface area contributed by atoms with Gasteiger partial charge in [-0.2, -0.15) is 0 Å². The van der Waals surface area contributed by atoms with Crippen LogP contribution in [0.4, 0.5) is 10.5 Å². The highest BCUT2D eigenvalue weighted by Gasteiger charge is 2.33. The molecule has 2 aromatic carbocycles. The number of hydrogen-bond donors (Lipinski definition) is 1. The second kappa shape index (κ2) is 7.78. The van der Waals surface area contributed by atoms with E-state index in [1.54, 1.807) is 35.9 Å². The van der Waals surface area contributed by atoms with Gasteiger partial charge in [-0.25, -0.2) is 14.6 Å². The number of esters is 1. The third-order valence-electron chi connectivity index (χ3n) is 6.37. The molecule has 9 heteroatoms. The summed E-state index contributed by atoms with van der Waals surface area (Å²) in [6, 6.07) is 17.8. The van der Waals surface area contributed by atoms with E-state index in [0.29, 0.717) is 34.9 Å². The predicted molar refractivity (Wildman–Crippen MR) is 126 cm³/mol. The van der Waals surface area contributed by atoms with E-state index >= 15 is 0 Å². The van der Waals surface area contributed by atoms with Gasteiger partial charge in [-0.1, -0.05) is 18.2 Å². The van der Waals surface area contributed by atoms with Crippen molar-refractivity contribution < 1.29 is 24.2 Å². The molecule has 1 unspecified atom stereocenters. The molecule has 6 rings (SSSR count). The summed E-state index contributed by atoms with van der Waals surface area (Å²) < 4.78 is 12.0. The number of anilines is 1. The minimum atomic E-state index is -1.49. The predicted octanol–water partition coefficient (Wildman–Crippen LogP) is 3.15. The van der Waals surface area contributed by atoms with Crippen LogP contribution in [0.25, 0.3) is 22.3 Å². The molecule has 174 valence electrons. The summed E-state index contributed by atoms with van der Waals surface area (Å²) in [7, 11) is 1.64. The summed E-state index contributed by atoms with van der Waals surface area (Å²) in [5, 5.41) is 11.0. The maximum atomic E-state index is 13.0. The van der Waals surface area contributed by atoms with E-state index in [2.05, 4.69) is 0 Å². The SMILES string of the molecule is CN(C(=O)Oc1ccc2nc3c(cc2c1)Cn1c-3cc2c(c1=O)COC(=O)C2O)c1ccccc1. The van der Waals surface area contributed by atoms with Gasteiger partial charge in [0, 0.05) is 29.2 Å². The van der Waals surface area contributed by atoms with Crippen molar-refractivity contribution in [2.45, 2.75) is 19.3 Å². The highest BCUT2D eigenvalue weighted by Crippen LogP contribution is 2.35. The zero-order chi connectivity index (χ0) is 24.3. The third kappa shape index (κ3) is 3.36. The molecule has 1 amide bonds. The van der Waals surface area contributed by atoms with Crippen LogP contribution in [0.15, 0.2) is 65.5 Å². The van der Waals surface area contributed by atoms with Crippen LogP contribution in [0.3, 0.4) is 0 Å². The number of aromatic nitrogens is 2. The molecule has 0 saturated heterocycles. The number of rotatable bonds is 2. The van der Waals surface area contributed by atoms with Crippen LogP contribution >= 0.6 is 0 Å². The van der Waals surface area contributed by atoms with Gasteiger partial charge in [0.1, 0.15) is 12.4 Å². The first-order valence-electron chi connectivity index (χ1n) is 11.0. The minimum Gasteiger partial charge on any atom is -0.458 e. The number of pyridine rings is 2. The highest BCUT2D eigenvalue weighted by molar-refractivity contribution is 5.90. The maximum Gasteiger partial charge on any atom is 0.419 e. The summed E-state index contributed by atoms with van der Waals surface area (Å²) in [5.41, 5.74) is 3.54. The van der Waals surface area contributed by atoms with Crippen molar-refractivity contribution in [3.05, 3.63) is 87.7 Å². The molecule has 0 radical (unpaired) electrons. The van der Waals surface area contributed by atoms with Crippen LogP contribution in [0.1, 0.15) is 22.8 Å². The molecule has 4 heterocycles. The van der Waals surface area contributed by atoms with Gasteiger partial charge in [-0.15, -0.1) is 0 Å². The van der Waals surface area contributed by atoms with Gasteiger partial charge >= 0.3 is 12.1 Å². The molecular weight excluding hydrogens is 450 g/mol. The Morgan fingerprint density at radius 1 is 1.14 bits per heavy atom. The average molecular weight is 469 g/mol. The molecule has 0 bridgehead atoms. The number of hydrogen-bond acceptors (Lipinski definition) is 7. The fourth-order valence-corrected chi connectivity index (χ4v) is 4.50. The second-order valence-electron chi connectivity index (χ2n) is 8.48. The Kier molecular flexibility index (Phi) is 4.68. The van der Waals surface area contributed by atoms with E-state index in [0.717, 1.165) is 10.9 Å². The van der Waals surface area contributed by atoms with Crippen LogP contribution < -0.4 is 15.2 Å². The number of carbonyl (C=O) groups excluding carboxylic acids is 2. The smallest absolute Gasteiger partial charge is 0.419 e. The Morgan fingerprint density at radius 2 is 1.94 bits per heavy atom. The van der Waals surface area contributed by atoms with Crippen LogP contribution in [-0.4, -0.2) is 33.8 Å². The number of amides is 1. The highest BCUT2D eigenvalue weighted by atomic mass is 16.6. The van der Waals surface area contributed by atoms with Gasteiger partial charge in [-0.3, -0.25) is 9.69 Å². The number of para-hydroxylation sites is 1. The van der Waals surface area contributed by atoms with Crippen LogP contribution in [-0.2, 0) is 22.7 Å². The second-order valence-corrected chi connectivity index (χ2v) is 8.48. The molecule has 1 N–H and O–H groups in total. The molecule has 0 fully saturated rings. The summed E-state index contributed by atoms with van der Waals surface area (Å²) in [4.78, 5) is 43.6. The van der Waals surface area contributed by atoms with Crippen molar-refractivity contribution >= 4 is 28.7 Å². The molecule has 1 atom stereocenters. The first-order chi connectivity index (χ1) is 16.9. The van der Waals surface area contributed by atoms with E-state index < -0.39 is 18.2 Å². The third-order valence-corrected chi connectivity index (χ3v) is 6.37. The minimum absolute atomic E-state index is 0.164. The molecule has 0 spiro atoms. The Labute approximate surface area is 198 Å². The van der Waals surface area contributed by atoms with E-state index in [9.17, 15) is 19.5 Å². The van der Waals surface area contributed by atoms with Gasteiger partial charge < -0.3 is 19.1 Å². The number of aliphatic hydroxyl groups excluding tert-OH is 1. The summed E-state index contributed by atoms with van der Waals surface area (Å²) >= 11 is 0. The molecule has 0 aliphatic carbocycles. The van der Waals surface area contributed by atoms with Gasteiger partial charge in [0.25, 0.3) is 5.56 Å². The first kappa shape index (κ1) is 21.1. The normalized spacial score (nSPS) is 15.7. The summed E-state index contributed by atoms with van der Waals surface area (Å²) in [6.45, 7) is 0.132. The van der Waals surface area contributed by atoms with E-state index in [-0.39, 0.29) is 23.3 Å². The number of cyclic esters (lactones) is 1. The van der Waals surface area contributed by atoms with E-state index in [4.69, 9.17) is 14.5 Å². The topological polar surface area (TPSA) is 111 Å². The number of fused-ring (bicyclic) bond motifs is 5. The van der Waals surface area contributed by atoms with Crippen molar-refractivity contribution in [2.24, 2.45) is 0 Å². The average Bonchev–Trinajstić information content (AvgIpc) is 3.23. The number of nitrogens with zero attached hydrogens (tertiary/aromatic N) is 3. The molecule has 2 aromatic heterocycles. The molecule has 4 aromatic rings. The number of ether oxygens (including phenoxy) is 2. The lowest BCUT2D eigenvalue weighted by Gasteiger charge is -2.21. The maximum absolute atomic E-state index is 13.0. The molecule has 0 saturated carbocycles. The molecular formula is C26H19N3O6. The first-order valence-corrected chi connectivity index (χ1v) is 11.0. The van der Waals surface area contributed by atoms with E-state index in [1.165, 1.54) is 4.90 Å². The van der Waals surface area contributed by atoms with Crippen molar-refractivity contribution in [3.8, 4) is 17.1 Å². The van der Waals surface area contributed by atoms with Gasteiger partial charge in [0.05, 0.1) is 29.0 Å². The van der Waals surface area contributed by atoms with Crippen molar-refractivity contribution in [1.29, 1.82) is 0 Å². The lowest BCUT2D eigenvalue weighted by Crippen LogP contribution is -2.32. The Morgan fingerprint density at radius 3 is 2.74 bits per heavy atom. The molecule has 35 heavy (non-hydrogen) atoms. The Balaban J connectivity index is 1.34. The zero-order valence-corrected chi connectivity index (χ0v) is 18.6. The molecule has 2 aliphatic heterocycles. The number of carbonyl (C=O) groups is 2. The number of aliphatic hydroxyl groups is 1. The lowest BCUT2D eigenvalue weighted by molar-refractivity contribution is -0.157. The van der Waals surface area contributed by atoms with Gasteiger partial charge in [0.2, 0.25) is 0 Å². The van der Waals surface area contributed by atoms with E-state index in [1.807, 2.05) is 36.4 Å². The largest absolute Gasteiger partial charge is 0.458 e. The Bertz CT molecular complexity index is 1590. The summed E-state index contributed by atoms with van der Waals surface area (Å²) in [5.74, 6) is -0.402. The van der Waals surface area contributed by atoms with Crippen LogP contribution in [0.5, 0.6) is 5.75 Å². The standard InChI is InChI=1S/C26H19N3O6/c1-28(16-5-3-2-4-6-16)26(33)35-17-7-8-20-14(10-17)9-15-12-29-21(22(15)27-20)11-18-19(24(29)31)13-34-25(32)23(18)30/h2-11,23,30H,12-13H2,1H3.